The molecule has 5 atom stereocenters. The summed E-state index contributed by atoms with van der Waals surface area (Å²) in [5.74, 6) is -1.33. The van der Waals surface area contributed by atoms with E-state index in [1.165, 1.54) is 26.2 Å². The van der Waals surface area contributed by atoms with Crippen LogP contribution in [0.25, 0.3) is 0 Å². The third-order valence-corrected chi connectivity index (χ3v) is 6.32. The third kappa shape index (κ3) is 6.10. The fraction of sp³-hybridized carbons (Fsp3) is 0.556. The molecule has 0 N–H and O–H groups in total. The Balaban J connectivity index is 2.43. The number of hydrogen-bond donors (Lipinski definition) is 0. The van der Waals surface area contributed by atoms with Gasteiger partial charge in [-0.2, -0.15) is 8.42 Å². The normalized spacial score (nSPS) is 27.3. The lowest BCUT2D eigenvalue weighted by atomic mass is 9.99. The van der Waals surface area contributed by atoms with Crippen LogP contribution in [0.1, 0.15) is 19.4 Å². The molecule has 11 heteroatoms. The molecular formula is C18H23IO9S. The summed E-state index contributed by atoms with van der Waals surface area (Å²) in [5, 5.41) is 0. The predicted octanol–water partition coefficient (Wildman–Crippen LogP) is 1.74. The molecule has 1 aliphatic rings. The smallest absolute Gasteiger partial charge is 0.303 e. The average molecular weight is 542 g/mol. The Labute approximate surface area is 183 Å². The van der Waals surface area contributed by atoms with Crippen LogP contribution in [0.15, 0.2) is 29.2 Å². The van der Waals surface area contributed by atoms with Crippen LogP contribution in [0.5, 0.6) is 0 Å². The van der Waals surface area contributed by atoms with E-state index in [2.05, 4.69) is 0 Å². The Bertz CT molecular complexity index is 824. The van der Waals surface area contributed by atoms with Crippen molar-refractivity contribution in [1.82, 2.24) is 0 Å². The molecule has 0 aromatic heterocycles. The second kappa shape index (κ2) is 10.2. The number of methoxy groups -OCH3 is 1. The first-order valence-corrected chi connectivity index (χ1v) is 11.6. The van der Waals surface area contributed by atoms with E-state index in [-0.39, 0.29) is 4.90 Å². The zero-order chi connectivity index (χ0) is 21.8. The second-order valence-corrected chi connectivity index (χ2v) is 8.86. The minimum absolute atomic E-state index is 0.0837. The van der Waals surface area contributed by atoms with Gasteiger partial charge in [0.05, 0.1) is 4.90 Å². The summed E-state index contributed by atoms with van der Waals surface area (Å²) in [7, 11) is -2.95. The maximum Gasteiger partial charge on any atom is 0.303 e. The van der Waals surface area contributed by atoms with E-state index in [0.717, 1.165) is 12.5 Å². The highest BCUT2D eigenvalue weighted by Gasteiger charge is 2.52. The van der Waals surface area contributed by atoms with E-state index >= 15 is 0 Å². The van der Waals surface area contributed by atoms with Gasteiger partial charge < -0.3 is 18.9 Å². The molecule has 1 saturated heterocycles. The van der Waals surface area contributed by atoms with E-state index in [9.17, 15) is 18.0 Å². The molecule has 1 heterocycles. The molecule has 0 unspecified atom stereocenters. The number of carbonyl (C=O) groups excluding carboxylic acids is 2. The molecule has 29 heavy (non-hydrogen) atoms. The van der Waals surface area contributed by atoms with Crippen LogP contribution in [0.2, 0.25) is 0 Å². The molecule has 0 spiro atoms. The number of benzene rings is 1. The molecule has 9 nitrogen and oxygen atoms in total. The third-order valence-electron chi connectivity index (χ3n) is 4.13. The van der Waals surface area contributed by atoms with Gasteiger partial charge in [-0.1, -0.05) is 40.3 Å². The van der Waals surface area contributed by atoms with Gasteiger partial charge in [-0.05, 0) is 19.1 Å². The van der Waals surface area contributed by atoms with Crippen LogP contribution in [0, 0.1) is 6.92 Å². The van der Waals surface area contributed by atoms with Crippen LogP contribution >= 0.6 is 22.6 Å². The second-order valence-electron chi connectivity index (χ2n) is 6.41. The first kappa shape index (κ1) is 24.0. The van der Waals surface area contributed by atoms with Crippen molar-refractivity contribution in [1.29, 1.82) is 0 Å². The molecule has 1 aliphatic heterocycles. The molecule has 1 aromatic carbocycles. The Morgan fingerprint density at radius 1 is 1.03 bits per heavy atom. The molecule has 1 fully saturated rings. The zero-order valence-corrected chi connectivity index (χ0v) is 19.3. The Morgan fingerprint density at radius 2 is 1.59 bits per heavy atom. The Morgan fingerprint density at radius 3 is 2.07 bits per heavy atom. The highest BCUT2D eigenvalue weighted by Crippen LogP contribution is 2.32. The SMILES string of the molecule is CO[C@H]1O[C@H](CI)[C@@H](OC(C)=O)[C@H](OC(C)=O)[C@H]1OS(=O)(=O)c1ccc(C)cc1. The summed E-state index contributed by atoms with van der Waals surface area (Å²) in [5.41, 5.74) is 0.873. The van der Waals surface area contributed by atoms with Gasteiger partial charge in [-0.15, -0.1) is 0 Å². The first-order valence-electron chi connectivity index (χ1n) is 8.67. The van der Waals surface area contributed by atoms with Crippen molar-refractivity contribution in [2.24, 2.45) is 0 Å². The monoisotopic (exact) mass is 542 g/mol. The van der Waals surface area contributed by atoms with Gasteiger partial charge in [-0.25, -0.2) is 0 Å². The van der Waals surface area contributed by atoms with Crippen molar-refractivity contribution in [3.8, 4) is 0 Å². The summed E-state index contributed by atoms with van der Waals surface area (Å²) in [6.45, 7) is 4.17. The van der Waals surface area contributed by atoms with Crippen LogP contribution in [0.4, 0.5) is 0 Å². The molecule has 0 amide bonds. The molecule has 1 aromatic rings. The zero-order valence-electron chi connectivity index (χ0n) is 16.4. The number of hydrogen-bond acceptors (Lipinski definition) is 9. The molecule has 0 saturated carbocycles. The van der Waals surface area contributed by atoms with Crippen molar-refractivity contribution in [2.45, 2.75) is 56.4 Å². The van der Waals surface area contributed by atoms with E-state index < -0.39 is 52.8 Å². The largest absolute Gasteiger partial charge is 0.456 e. The number of esters is 2. The van der Waals surface area contributed by atoms with Crippen molar-refractivity contribution in [2.75, 3.05) is 11.5 Å². The summed E-state index contributed by atoms with van der Waals surface area (Å²) in [4.78, 5) is 23.2. The van der Waals surface area contributed by atoms with Crippen molar-refractivity contribution in [3.63, 3.8) is 0 Å². The van der Waals surface area contributed by atoms with Gasteiger partial charge in [0.1, 0.15) is 6.10 Å². The van der Waals surface area contributed by atoms with Crippen LogP contribution < -0.4 is 0 Å². The lowest BCUT2D eigenvalue weighted by Crippen LogP contribution is -2.62. The number of ether oxygens (including phenoxy) is 4. The minimum Gasteiger partial charge on any atom is -0.456 e. The minimum atomic E-state index is -4.26. The molecule has 162 valence electrons. The molecule has 0 radical (unpaired) electrons. The fourth-order valence-electron chi connectivity index (χ4n) is 2.86. The van der Waals surface area contributed by atoms with Crippen molar-refractivity contribution < 1.29 is 41.1 Å². The molecule has 2 rings (SSSR count). The van der Waals surface area contributed by atoms with E-state index in [1.54, 1.807) is 12.1 Å². The number of alkyl halides is 1. The van der Waals surface area contributed by atoms with Gasteiger partial charge in [-0.3, -0.25) is 13.8 Å². The first-order chi connectivity index (χ1) is 13.6. The predicted molar refractivity (Wildman–Crippen MR) is 109 cm³/mol. The van der Waals surface area contributed by atoms with E-state index in [0.29, 0.717) is 4.43 Å². The Hall–Kier alpha value is -1.28. The average Bonchev–Trinajstić information content (AvgIpc) is 2.64. The van der Waals surface area contributed by atoms with E-state index in [4.69, 9.17) is 23.1 Å². The van der Waals surface area contributed by atoms with Gasteiger partial charge in [0.2, 0.25) is 0 Å². The molecular weight excluding hydrogens is 519 g/mol. The summed E-state index contributed by atoms with van der Waals surface area (Å²) in [6, 6.07) is 6.04. The number of rotatable bonds is 7. The highest BCUT2D eigenvalue weighted by atomic mass is 127. The summed E-state index contributed by atoms with van der Waals surface area (Å²) >= 11 is 2.02. The summed E-state index contributed by atoms with van der Waals surface area (Å²) < 4.78 is 52.9. The lowest BCUT2D eigenvalue weighted by molar-refractivity contribution is -0.283. The van der Waals surface area contributed by atoms with Crippen LogP contribution in [-0.4, -0.2) is 62.6 Å². The number of aryl methyl sites for hydroxylation is 1. The van der Waals surface area contributed by atoms with Gasteiger partial charge in [0.15, 0.2) is 24.6 Å². The quantitative estimate of drug-likeness (QED) is 0.220. The van der Waals surface area contributed by atoms with Gasteiger partial charge >= 0.3 is 11.9 Å². The summed E-state index contributed by atoms with van der Waals surface area (Å²) in [6.07, 6.45) is -5.59. The van der Waals surface area contributed by atoms with Crippen LogP contribution in [0.3, 0.4) is 0 Å². The lowest BCUT2D eigenvalue weighted by Gasteiger charge is -2.43. The Kier molecular flexibility index (Phi) is 8.40. The maximum absolute atomic E-state index is 12.8. The number of carbonyl (C=O) groups is 2. The molecule has 0 bridgehead atoms. The van der Waals surface area contributed by atoms with Crippen LogP contribution in [-0.2, 0) is 42.8 Å². The maximum atomic E-state index is 12.8. The molecule has 0 aliphatic carbocycles. The highest BCUT2D eigenvalue weighted by molar-refractivity contribution is 14.1. The topological polar surface area (TPSA) is 114 Å². The standard InChI is InChI=1S/C18H23IO9S/c1-10-5-7-13(8-6-10)29(22,23)28-17-16(26-12(3)21)15(25-11(2)20)14(9-19)27-18(17)24-4/h5-8,14-18H,9H2,1-4H3/t14-,15-,16+,17-,18+/m1/s1. The van der Waals surface area contributed by atoms with Gasteiger partial charge in [0, 0.05) is 25.4 Å². The van der Waals surface area contributed by atoms with Crippen molar-refractivity contribution in [3.05, 3.63) is 29.8 Å². The fourth-order valence-corrected chi connectivity index (χ4v) is 4.64. The van der Waals surface area contributed by atoms with Gasteiger partial charge in [0.25, 0.3) is 10.1 Å². The van der Waals surface area contributed by atoms with E-state index in [1.807, 2.05) is 29.5 Å². The van der Waals surface area contributed by atoms with Crippen molar-refractivity contribution >= 4 is 44.6 Å². The number of halogens is 1.